The van der Waals surface area contributed by atoms with Gasteiger partial charge in [-0.2, -0.15) is 0 Å². The van der Waals surface area contributed by atoms with Crippen molar-refractivity contribution in [2.75, 3.05) is 5.73 Å². The van der Waals surface area contributed by atoms with Crippen molar-refractivity contribution in [1.29, 1.82) is 0 Å². The van der Waals surface area contributed by atoms with Gasteiger partial charge in [0.05, 0.1) is 36.9 Å². The molecule has 118 valence electrons. The summed E-state index contributed by atoms with van der Waals surface area (Å²) in [5.74, 6) is -0.185. The first kappa shape index (κ1) is 16.4. The molecular weight excluding hydrogens is 380 g/mol. The fraction of sp³-hybridized carbons (Fsp3) is 0.0667. The average Bonchev–Trinajstić information content (AvgIpc) is 2.83. The Hall–Kier alpha value is -1.46. The summed E-state index contributed by atoms with van der Waals surface area (Å²) in [7, 11) is 0. The maximum atomic E-state index is 12.2. The number of carbonyl (C=O) groups is 1. The van der Waals surface area contributed by atoms with Crippen molar-refractivity contribution in [3.8, 4) is 0 Å². The van der Waals surface area contributed by atoms with Gasteiger partial charge in [0.2, 0.25) is 0 Å². The van der Waals surface area contributed by atoms with Crippen LogP contribution in [0.3, 0.4) is 0 Å². The Balaban J connectivity index is 2.27. The molecule has 3 N–H and O–H groups in total. The summed E-state index contributed by atoms with van der Waals surface area (Å²) in [6, 6.07) is 5.29. The van der Waals surface area contributed by atoms with Gasteiger partial charge in [-0.3, -0.25) is 4.79 Å². The fourth-order valence-corrected chi connectivity index (χ4v) is 3.28. The summed E-state index contributed by atoms with van der Waals surface area (Å²) in [6.07, 6.45) is 0. The van der Waals surface area contributed by atoms with E-state index in [1.54, 1.807) is 12.1 Å². The van der Waals surface area contributed by atoms with E-state index in [4.69, 9.17) is 52.1 Å². The SMILES string of the molecule is Cc1ccc(N)cc1N=C1NC(=O)c2c(Cl)c(Cl)c(Cl)c(Cl)c21. The van der Waals surface area contributed by atoms with E-state index in [9.17, 15) is 4.79 Å². The van der Waals surface area contributed by atoms with Gasteiger partial charge in [0.25, 0.3) is 5.91 Å². The number of nitrogen functional groups attached to an aromatic ring is 1. The summed E-state index contributed by atoms with van der Waals surface area (Å²) >= 11 is 24.4. The van der Waals surface area contributed by atoms with Gasteiger partial charge in [-0.15, -0.1) is 0 Å². The number of nitrogens with zero attached hydrogens (tertiary/aromatic N) is 1. The smallest absolute Gasteiger partial charge is 0.259 e. The molecule has 2 aromatic rings. The molecule has 0 bridgehead atoms. The number of benzene rings is 2. The predicted molar refractivity (Wildman–Crippen MR) is 95.7 cm³/mol. The van der Waals surface area contributed by atoms with Crippen molar-refractivity contribution in [1.82, 2.24) is 5.32 Å². The molecule has 0 radical (unpaired) electrons. The highest BCUT2D eigenvalue weighted by molar-refractivity contribution is 6.55. The minimum absolute atomic E-state index is 0.0358. The Kier molecular flexibility index (Phi) is 4.19. The van der Waals surface area contributed by atoms with Gasteiger partial charge in [0.15, 0.2) is 0 Å². The van der Waals surface area contributed by atoms with E-state index in [1.807, 2.05) is 13.0 Å². The van der Waals surface area contributed by atoms with Crippen molar-refractivity contribution in [3.63, 3.8) is 0 Å². The molecule has 8 heteroatoms. The number of carbonyl (C=O) groups excluding carboxylic acids is 1. The molecule has 0 aromatic heterocycles. The second kappa shape index (κ2) is 5.87. The molecule has 0 saturated carbocycles. The zero-order chi connectivity index (χ0) is 16.9. The molecule has 3 rings (SSSR count). The lowest BCUT2D eigenvalue weighted by Gasteiger charge is -2.09. The first-order chi connectivity index (χ1) is 10.8. The minimum atomic E-state index is -0.439. The van der Waals surface area contributed by atoms with Gasteiger partial charge in [-0.05, 0) is 24.6 Å². The molecule has 1 aliphatic heterocycles. The maximum Gasteiger partial charge on any atom is 0.259 e. The quantitative estimate of drug-likeness (QED) is 0.409. The van der Waals surface area contributed by atoms with E-state index in [0.29, 0.717) is 16.9 Å². The van der Waals surface area contributed by atoms with Gasteiger partial charge in [-0.1, -0.05) is 52.5 Å². The second-order valence-electron chi connectivity index (χ2n) is 4.97. The summed E-state index contributed by atoms with van der Waals surface area (Å²) in [6.45, 7) is 1.87. The molecule has 0 fully saturated rings. The zero-order valence-electron chi connectivity index (χ0n) is 11.7. The Morgan fingerprint density at radius 1 is 1.00 bits per heavy atom. The van der Waals surface area contributed by atoms with Gasteiger partial charge in [0.1, 0.15) is 5.84 Å². The van der Waals surface area contributed by atoms with Crippen LogP contribution in [0.5, 0.6) is 0 Å². The van der Waals surface area contributed by atoms with Crippen LogP contribution in [0.4, 0.5) is 11.4 Å². The van der Waals surface area contributed by atoms with E-state index in [0.717, 1.165) is 5.56 Å². The third kappa shape index (κ3) is 2.66. The van der Waals surface area contributed by atoms with Crippen molar-refractivity contribution < 1.29 is 4.79 Å². The molecule has 1 aliphatic rings. The van der Waals surface area contributed by atoms with Crippen LogP contribution in [0.25, 0.3) is 0 Å². The van der Waals surface area contributed by atoms with Crippen molar-refractivity contribution in [2.24, 2.45) is 4.99 Å². The molecule has 23 heavy (non-hydrogen) atoms. The molecule has 0 unspecified atom stereocenters. The number of nitrogens with two attached hydrogens (primary N) is 1. The van der Waals surface area contributed by atoms with Crippen LogP contribution >= 0.6 is 46.4 Å². The minimum Gasteiger partial charge on any atom is -0.399 e. The number of hydrogen-bond donors (Lipinski definition) is 2. The maximum absolute atomic E-state index is 12.2. The number of hydrogen-bond acceptors (Lipinski definition) is 3. The lowest BCUT2D eigenvalue weighted by Crippen LogP contribution is -2.21. The van der Waals surface area contributed by atoms with Crippen LogP contribution in [-0.2, 0) is 0 Å². The van der Waals surface area contributed by atoms with Crippen LogP contribution in [0.1, 0.15) is 21.5 Å². The van der Waals surface area contributed by atoms with Gasteiger partial charge < -0.3 is 11.1 Å². The molecule has 1 amide bonds. The third-order valence-electron chi connectivity index (χ3n) is 3.43. The van der Waals surface area contributed by atoms with E-state index in [2.05, 4.69) is 10.3 Å². The predicted octanol–water partition coefficient (Wildman–Crippen LogP) is 5.01. The lowest BCUT2D eigenvalue weighted by molar-refractivity contribution is 0.0983. The topological polar surface area (TPSA) is 67.5 Å². The van der Waals surface area contributed by atoms with Crippen molar-refractivity contribution in [2.45, 2.75) is 6.92 Å². The van der Waals surface area contributed by atoms with Crippen LogP contribution < -0.4 is 11.1 Å². The first-order valence-corrected chi connectivity index (χ1v) is 7.95. The zero-order valence-corrected chi connectivity index (χ0v) is 14.7. The third-order valence-corrected chi connectivity index (χ3v) is 5.23. The molecule has 0 saturated heterocycles. The molecule has 0 aliphatic carbocycles. The number of aliphatic imine (C=N–C) groups is 1. The van der Waals surface area contributed by atoms with Crippen LogP contribution in [-0.4, -0.2) is 11.7 Å². The summed E-state index contributed by atoms with van der Waals surface area (Å²) in [5.41, 5.74) is 8.31. The Morgan fingerprint density at radius 2 is 1.61 bits per heavy atom. The summed E-state index contributed by atoms with van der Waals surface area (Å²) < 4.78 is 0. The highest BCUT2D eigenvalue weighted by Gasteiger charge is 2.34. The normalized spacial score (nSPS) is 15.0. The van der Waals surface area contributed by atoms with E-state index >= 15 is 0 Å². The van der Waals surface area contributed by atoms with E-state index < -0.39 is 5.91 Å². The number of amides is 1. The summed E-state index contributed by atoms with van der Waals surface area (Å²) in [4.78, 5) is 16.6. The van der Waals surface area contributed by atoms with Gasteiger partial charge >= 0.3 is 0 Å². The standard InChI is InChI=1S/C15H9Cl4N3O/c1-5-2-3-6(20)4-7(5)21-14-8-9(15(23)22-14)11(17)13(19)12(18)10(8)16/h2-4H,20H2,1H3,(H,21,22,23). The highest BCUT2D eigenvalue weighted by Crippen LogP contribution is 2.43. The number of aryl methyl sites for hydroxylation is 1. The van der Waals surface area contributed by atoms with E-state index in [-0.39, 0.29) is 31.5 Å². The van der Waals surface area contributed by atoms with Crippen LogP contribution in [0.2, 0.25) is 20.1 Å². The largest absolute Gasteiger partial charge is 0.399 e. The number of rotatable bonds is 1. The number of halogens is 4. The Morgan fingerprint density at radius 3 is 2.26 bits per heavy atom. The van der Waals surface area contributed by atoms with Crippen LogP contribution in [0, 0.1) is 6.92 Å². The second-order valence-corrected chi connectivity index (χ2v) is 6.48. The fourth-order valence-electron chi connectivity index (χ4n) is 2.25. The van der Waals surface area contributed by atoms with Gasteiger partial charge in [0, 0.05) is 5.69 Å². The number of amidine groups is 1. The molecule has 4 nitrogen and oxygen atoms in total. The number of nitrogens with one attached hydrogen (secondary N) is 1. The van der Waals surface area contributed by atoms with Crippen LogP contribution in [0.15, 0.2) is 23.2 Å². The molecule has 2 aromatic carbocycles. The monoisotopic (exact) mass is 387 g/mol. The average molecular weight is 389 g/mol. The Labute approximate surface area is 152 Å². The molecular formula is C15H9Cl4N3O. The van der Waals surface area contributed by atoms with Gasteiger partial charge in [-0.25, -0.2) is 4.99 Å². The number of anilines is 1. The molecule has 0 spiro atoms. The Bertz CT molecular complexity index is 893. The first-order valence-electron chi connectivity index (χ1n) is 6.43. The highest BCUT2D eigenvalue weighted by atomic mass is 35.5. The van der Waals surface area contributed by atoms with Crippen molar-refractivity contribution in [3.05, 3.63) is 55.0 Å². The summed E-state index contributed by atoms with van der Waals surface area (Å²) in [5, 5.41) is 2.91. The lowest BCUT2D eigenvalue weighted by atomic mass is 10.1. The molecule has 0 atom stereocenters. The number of fused-ring (bicyclic) bond motifs is 1. The van der Waals surface area contributed by atoms with E-state index in [1.165, 1.54) is 0 Å². The molecule has 1 heterocycles. The van der Waals surface area contributed by atoms with Crippen molar-refractivity contribution >= 4 is 69.5 Å².